The lowest BCUT2D eigenvalue weighted by Gasteiger charge is -2.15. The Balaban J connectivity index is 2.91. The fourth-order valence-corrected chi connectivity index (χ4v) is 1.99. The molecule has 1 aromatic heterocycles. The molecule has 1 rings (SSSR count). The van der Waals surface area contributed by atoms with Crippen molar-refractivity contribution in [2.24, 2.45) is 0 Å². The zero-order valence-corrected chi connectivity index (χ0v) is 12.4. The number of carbonyl (C=O) groups excluding carboxylic acids is 1. The van der Waals surface area contributed by atoms with Gasteiger partial charge in [0.15, 0.2) is 0 Å². The Morgan fingerprint density at radius 2 is 1.95 bits per heavy atom. The summed E-state index contributed by atoms with van der Waals surface area (Å²) < 4.78 is 0. The number of aromatic nitrogens is 1. The molecular formula is C15H25N3O. The number of hydrogen-bond acceptors (Lipinski definition) is 3. The molecule has 0 unspecified atom stereocenters. The normalized spacial score (nSPS) is 10.6. The van der Waals surface area contributed by atoms with E-state index in [-0.39, 0.29) is 11.9 Å². The van der Waals surface area contributed by atoms with Crippen molar-refractivity contribution in [2.45, 2.75) is 52.5 Å². The Morgan fingerprint density at radius 3 is 2.47 bits per heavy atom. The SMILES string of the molecule is CCCc1cc(C(=O)NC(CC)CC)cc(NC)n1. The molecule has 2 N–H and O–H groups in total. The van der Waals surface area contributed by atoms with E-state index in [9.17, 15) is 4.79 Å². The minimum absolute atomic E-state index is 0.00930. The highest BCUT2D eigenvalue weighted by Crippen LogP contribution is 2.12. The fourth-order valence-electron chi connectivity index (χ4n) is 1.99. The molecule has 4 heteroatoms. The number of hydrogen-bond donors (Lipinski definition) is 2. The van der Waals surface area contributed by atoms with E-state index in [1.807, 2.05) is 13.1 Å². The summed E-state index contributed by atoms with van der Waals surface area (Å²) in [5.41, 5.74) is 1.65. The molecule has 0 aliphatic carbocycles. The predicted octanol–water partition coefficient (Wildman–Crippen LogP) is 2.99. The smallest absolute Gasteiger partial charge is 0.251 e. The van der Waals surface area contributed by atoms with Gasteiger partial charge in [-0.15, -0.1) is 0 Å². The lowest BCUT2D eigenvalue weighted by Crippen LogP contribution is -2.33. The minimum Gasteiger partial charge on any atom is -0.373 e. The van der Waals surface area contributed by atoms with Crippen LogP contribution in [0.2, 0.25) is 0 Å². The Hall–Kier alpha value is -1.58. The average molecular weight is 263 g/mol. The summed E-state index contributed by atoms with van der Waals surface area (Å²) in [6.07, 6.45) is 3.82. The number of nitrogens with one attached hydrogen (secondary N) is 2. The van der Waals surface area contributed by atoms with E-state index in [0.29, 0.717) is 5.56 Å². The Bertz CT molecular complexity index is 414. The zero-order chi connectivity index (χ0) is 14.3. The first-order valence-corrected chi connectivity index (χ1v) is 7.14. The summed E-state index contributed by atoms with van der Waals surface area (Å²) in [6.45, 7) is 6.28. The third kappa shape index (κ3) is 4.54. The Labute approximate surface area is 116 Å². The summed E-state index contributed by atoms with van der Waals surface area (Å²) >= 11 is 0. The van der Waals surface area contributed by atoms with Crippen molar-refractivity contribution in [3.8, 4) is 0 Å². The number of carbonyl (C=O) groups is 1. The molecule has 0 saturated heterocycles. The van der Waals surface area contributed by atoms with Crippen LogP contribution in [0.4, 0.5) is 5.82 Å². The minimum atomic E-state index is -0.00930. The molecule has 0 aliphatic rings. The third-order valence-corrected chi connectivity index (χ3v) is 3.22. The molecular weight excluding hydrogens is 238 g/mol. The van der Waals surface area contributed by atoms with Crippen LogP contribution in [0.15, 0.2) is 12.1 Å². The van der Waals surface area contributed by atoms with E-state index >= 15 is 0 Å². The van der Waals surface area contributed by atoms with Crippen molar-refractivity contribution in [2.75, 3.05) is 12.4 Å². The van der Waals surface area contributed by atoms with Crippen molar-refractivity contribution < 1.29 is 4.79 Å². The average Bonchev–Trinajstić information content (AvgIpc) is 2.44. The molecule has 4 nitrogen and oxygen atoms in total. The maximum Gasteiger partial charge on any atom is 0.251 e. The second-order valence-electron chi connectivity index (χ2n) is 4.72. The molecule has 1 aromatic rings. The number of amides is 1. The topological polar surface area (TPSA) is 54.0 Å². The molecule has 0 atom stereocenters. The maximum absolute atomic E-state index is 12.2. The highest BCUT2D eigenvalue weighted by atomic mass is 16.1. The number of aryl methyl sites for hydroxylation is 1. The van der Waals surface area contributed by atoms with Crippen LogP contribution < -0.4 is 10.6 Å². The molecule has 0 saturated carbocycles. The fraction of sp³-hybridized carbons (Fsp3) is 0.600. The van der Waals surface area contributed by atoms with Crippen LogP contribution in [0.25, 0.3) is 0 Å². The first-order chi connectivity index (χ1) is 9.14. The first-order valence-electron chi connectivity index (χ1n) is 7.14. The van der Waals surface area contributed by atoms with Gasteiger partial charge >= 0.3 is 0 Å². The van der Waals surface area contributed by atoms with Crippen molar-refractivity contribution in [3.05, 3.63) is 23.4 Å². The van der Waals surface area contributed by atoms with Gasteiger partial charge in [-0.1, -0.05) is 27.2 Å². The van der Waals surface area contributed by atoms with E-state index < -0.39 is 0 Å². The number of rotatable bonds is 7. The van der Waals surface area contributed by atoms with E-state index in [1.165, 1.54) is 0 Å². The van der Waals surface area contributed by atoms with Crippen LogP contribution >= 0.6 is 0 Å². The lowest BCUT2D eigenvalue weighted by molar-refractivity contribution is 0.0934. The third-order valence-electron chi connectivity index (χ3n) is 3.22. The molecule has 1 heterocycles. The van der Waals surface area contributed by atoms with Gasteiger partial charge in [-0.3, -0.25) is 4.79 Å². The summed E-state index contributed by atoms with van der Waals surface area (Å²) in [5, 5.41) is 6.07. The van der Waals surface area contributed by atoms with Gasteiger partial charge in [-0.25, -0.2) is 4.98 Å². The standard InChI is InChI=1S/C15H25N3O/c1-5-8-13-9-11(10-14(16-4)17-13)15(19)18-12(6-2)7-3/h9-10,12H,5-8H2,1-4H3,(H,16,17)(H,18,19). The van der Waals surface area contributed by atoms with Gasteiger partial charge in [0, 0.05) is 24.3 Å². The Kier molecular flexibility index (Phi) is 6.33. The maximum atomic E-state index is 12.2. The van der Waals surface area contributed by atoms with Crippen molar-refractivity contribution in [1.82, 2.24) is 10.3 Å². The van der Waals surface area contributed by atoms with Crippen LogP contribution in [-0.4, -0.2) is 24.0 Å². The molecule has 0 spiro atoms. The zero-order valence-electron chi connectivity index (χ0n) is 12.4. The molecule has 1 amide bonds. The predicted molar refractivity (Wildman–Crippen MR) is 79.6 cm³/mol. The molecule has 0 bridgehead atoms. The number of anilines is 1. The van der Waals surface area contributed by atoms with Gasteiger partial charge < -0.3 is 10.6 Å². The Morgan fingerprint density at radius 1 is 1.26 bits per heavy atom. The summed E-state index contributed by atoms with van der Waals surface area (Å²) in [7, 11) is 1.82. The van der Waals surface area contributed by atoms with E-state index in [2.05, 4.69) is 36.4 Å². The highest BCUT2D eigenvalue weighted by molar-refractivity contribution is 5.95. The van der Waals surface area contributed by atoms with Crippen molar-refractivity contribution >= 4 is 11.7 Å². The van der Waals surface area contributed by atoms with Gasteiger partial charge in [-0.2, -0.15) is 0 Å². The van der Waals surface area contributed by atoms with Gasteiger partial charge in [0.2, 0.25) is 0 Å². The quantitative estimate of drug-likeness (QED) is 0.795. The second-order valence-corrected chi connectivity index (χ2v) is 4.72. The van der Waals surface area contributed by atoms with Crippen LogP contribution in [0, 0.1) is 0 Å². The monoisotopic (exact) mass is 263 g/mol. The van der Waals surface area contributed by atoms with E-state index in [0.717, 1.165) is 37.2 Å². The molecule has 0 aliphatic heterocycles. The van der Waals surface area contributed by atoms with E-state index in [1.54, 1.807) is 6.07 Å². The molecule has 19 heavy (non-hydrogen) atoms. The molecule has 0 radical (unpaired) electrons. The number of nitrogens with zero attached hydrogens (tertiary/aromatic N) is 1. The second kappa shape index (κ2) is 7.77. The number of pyridine rings is 1. The van der Waals surface area contributed by atoms with Crippen LogP contribution in [0.5, 0.6) is 0 Å². The molecule has 0 fully saturated rings. The molecule has 0 aromatic carbocycles. The van der Waals surface area contributed by atoms with Crippen LogP contribution in [0.3, 0.4) is 0 Å². The summed E-state index contributed by atoms with van der Waals surface area (Å²) in [5.74, 6) is 0.741. The van der Waals surface area contributed by atoms with E-state index in [4.69, 9.17) is 0 Å². The molecule has 106 valence electrons. The van der Waals surface area contributed by atoms with Gasteiger partial charge in [0.1, 0.15) is 5.82 Å². The largest absolute Gasteiger partial charge is 0.373 e. The van der Waals surface area contributed by atoms with Gasteiger partial charge in [0.25, 0.3) is 5.91 Å². The lowest BCUT2D eigenvalue weighted by atomic mass is 10.1. The van der Waals surface area contributed by atoms with Gasteiger partial charge in [-0.05, 0) is 31.4 Å². The highest BCUT2D eigenvalue weighted by Gasteiger charge is 2.12. The van der Waals surface area contributed by atoms with Gasteiger partial charge in [0.05, 0.1) is 0 Å². The van der Waals surface area contributed by atoms with Crippen LogP contribution in [0.1, 0.15) is 56.1 Å². The van der Waals surface area contributed by atoms with Crippen molar-refractivity contribution in [1.29, 1.82) is 0 Å². The first kappa shape index (κ1) is 15.5. The van der Waals surface area contributed by atoms with Crippen LogP contribution in [-0.2, 0) is 6.42 Å². The summed E-state index contributed by atoms with van der Waals surface area (Å²) in [6, 6.07) is 3.94. The summed E-state index contributed by atoms with van der Waals surface area (Å²) in [4.78, 5) is 16.7. The van der Waals surface area contributed by atoms with Crippen molar-refractivity contribution in [3.63, 3.8) is 0 Å².